The highest BCUT2D eigenvalue weighted by molar-refractivity contribution is 9.10. The predicted molar refractivity (Wildman–Crippen MR) is 60.7 cm³/mol. The van der Waals surface area contributed by atoms with E-state index >= 15 is 0 Å². The Labute approximate surface area is 105 Å². The van der Waals surface area contributed by atoms with Gasteiger partial charge in [-0.15, -0.1) is 25.6 Å². The maximum absolute atomic E-state index is 11.9. The Morgan fingerprint density at radius 2 is 1.88 bits per heavy atom. The first-order chi connectivity index (χ1) is 6.78. The zero-order chi connectivity index (χ0) is 11.6. The molecule has 0 aliphatic heterocycles. The lowest BCUT2D eigenvalue weighted by atomic mass is 10.1. The van der Waals surface area contributed by atoms with E-state index in [9.17, 15) is 13.2 Å². The van der Waals surface area contributed by atoms with Crippen LogP contribution in [0.1, 0.15) is 18.5 Å². The number of halogens is 5. The first-order valence-corrected chi connectivity index (χ1v) is 4.89. The van der Waals surface area contributed by atoms with Gasteiger partial charge in [0.15, 0.2) is 0 Å². The van der Waals surface area contributed by atoms with Crippen LogP contribution in [0.2, 0.25) is 0 Å². The zero-order valence-electron chi connectivity index (χ0n) is 8.22. The summed E-state index contributed by atoms with van der Waals surface area (Å²) >= 11 is 3.09. The van der Waals surface area contributed by atoms with E-state index in [0.29, 0.717) is 10.0 Å². The molecule has 0 radical (unpaired) electrons. The number of hydrogen-bond acceptors (Lipinski definition) is 2. The second kappa shape index (κ2) is 5.75. The van der Waals surface area contributed by atoms with Crippen LogP contribution in [0.25, 0.3) is 0 Å². The quantitative estimate of drug-likeness (QED) is 0.900. The summed E-state index contributed by atoms with van der Waals surface area (Å²) < 4.78 is 40.1. The van der Waals surface area contributed by atoms with Gasteiger partial charge in [-0.3, -0.25) is 0 Å². The first-order valence-electron chi connectivity index (χ1n) is 4.10. The topological polar surface area (TPSA) is 35.2 Å². The molecule has 0 spiro atoms. The largest absolute Gasteiger partial charge is 0.573 e. The molecule has 1 aromatic rings. The summed E-state index contributed by atoms with van der Waals surface area (Å²) in [5.74, 6) is -0.274. The molecule has 0 aromatic heterocycles. The van der Waals surface area contributed by atoms with Gasteiger partial charge in [-0.1, -0.05) is 15.9 Å². The van der Waals surface area contributed by atoms with Crippen LogP contribution < -0.4 is 10.5 Å². The minimum Gasteiger partial charge on any atom is -0.406 e. The Hall–Kier alpha value is -0.460. The molecule has 0 unspecified atom stereocenters. The number of hydrogen-bond donors (Lipinski definition) is 1. The Kier molecular flexibility index (Phi) is 5.58. The van der Waals surface area contributed by atoms with E-state index in [-0.39, 0.29) is 24.2 Å². The average Bonchev–Trinajstić information content (AvgIpc) is 1.99. The Morgan fingerprint density at radius 1 is 1.31 bits per heavy atom. The number of nitrogens with two attached hydrogens (primary N) is 1. The molecule has 7 heteroatoms. The third-order valence-electron chi connectivity index (χ3n) is 1.65. The molecule has 1 aromatic carbocycles. The fraction of sp³-hybridized carbons (Fsp3) is 0.333. The molecule has 0 saturated heterocycles. The highest BCUT2D eigenvalue weighted by Gasteiger charge is 2.31. The molecular weight excluding hydrogens is 310 g/mol. The summed E-state index contributed by atoms with van der Waals surface area (Å²) in [4.78, 5) is 0. The molecule has 2 N–H and O–H groups in total. The molecule has 0 bridgehead atoms. The van der Waals surface area contributed by atoms with Crippen molar-refractivity contribution in [2.75, 3.05) is 0 Å². The van der Waals surface area contributed by atoms with Gasteiger partial charge in [0.1, 0.15) is 5.75 Å². The molecule has 2 nitrogen and oxygen atoms in total. The van der Waals surface area contributed by atoms with E-state index in [4.69, 9.17) is 5.73 Å². The van der Waals surface area contributed by atoms with Crippen LogP contribution in [0, 0.1) is 0 Å². The third-order valence-corrected chi connectivity index (χ3v) is 2.11. The van der Waals surface area contributed by atoms with Crippen LogP contribution in [0.5, 0.6) is 5.75 Å². The molecular formula is C9H10BrClF3NO. The monoisotopic (exact) mass is 319 g/mol. The first kappa shape index (κ1) is 15.5. The highest BCUT2D eigenvalue weighted by Crippen LogP contribution is 2.28. The molecule has 0 fully saturated rings. The van der Waals surface area contributed by atoms with Crippen molar-refractivity contribution in [1.29, 1.82) is 0 Å². The fourth-order valence-corrected chi connectivity index (χ4v) is 1.53. The van der Waals surface area contributed by atoms with Crippen LogP contribution in [0.4, 0.5) is 13.2 Å². The lowest BCUT2D eigenvalue weighted by molar-refractivity contribution is -0.274. The summed E-state index contributed by atoms with van der Waals surface area (Å²) in [6, 6.07) is 3.80. The van der Waals surface area contributed by atoms with E-state index in [2.05, 4.69) is 20.7 Å². The van der Waals surface area contributed by atoms with Crippen molar-refractivity contribution >= 4 is 28.3 Å². The van der Waals surface area contributed by atoms with Crippen LogP contribution in [-0.2, 0) is 0 Å². The van der Waals surface area contributed by atoms with Crippen LogP contribution in [0.3, 0.4) is 0 Å². The zero-order valence-corrected chi connectivity index (χ0v) is 10.6. The Balaban J connectivity index is 0.00000225. The summed E-state index contributed by atoms with van der Waals surface area (Å²) in [7, 11) is 0. The molecule has 16 heavy (non-hydrogen) atoms. The summed E-state index contributed by atoms with van der Waals surface area (Å²) in [6.45, 7) is 1.68. The Morgan fingerprint density at radius 3 is 2.31 bits per heavy atom. The van der Waals surface area contributed by atoms with Crippen LogP contribution in [0.15, 0.2) is 22.7 Å². The molecule has 0 saturated carbocycles. The van der Waals surface area contributed by atoms with E-state index in [0.717, 1.165) is 0 Å². The fourth-order valence-electron chi connectivity index (χ4n) is 1.04. The number of alkyl halides is 3. The number of rotatable bonds is 2. The second-order valence-electron chi connectivity index (χ2n) is 3.06. The van der Waals surface area contributed by atoms with Crippen molar-refractivity contribution in [1.82, 2.24) is 0 Å². The van der Waals surface area contributed by atoms with E-state index in [1.54, 1.807) is 13.0 Å². The molecule has 1 rings (SSSR count). The highest BCUT2D eigenvalue weighted by atomic mass is 79.9. The minimum absolute atomic E-state index is 0. The van der Waals surface area contributed by atoms with Crippen molar-refractivity contribution in [3.05, 3.63) is 28.2 Å². The van der Waals surface area contributed by atoms with Crippen LogP contribution >= 0.6 is 28.3 Å². The van der Waals surface area contributed by atoms with Crippen molar-refractivity contribution in [2.45, 2.75) is 19.3 Å². The molecule has 0 heterocycles. The summed E-state index contributed by atoms with van der Waals surface area (Å²) in [5, 5.41) is 0. The number of benzene rings is 1. The van der Waals surface area contributed by atoms with Crippen molar-refractivity contribution in [3.63, 3.8) is 0 Å². The molecule has 0 amide bonds. The van der Waals surface area contributed by atoms with E-state index in [1.807, 2.05) is 0 Å². The van der Waals surface area contributed by atoms with Gasteiger partial charge in [0.05, 0.1) is 0 Å². The van der Waals surface area contributed by atoms with Gasteiger partial charge in [0, 0.05) is 10.5 Å². The van der Waals surface area contributed by atoms with Gasteiger partial charge in [-0.2, -0.15) is 0 Å². The van der Waals surface area contributed by atoms with E-state index in [1.165, 1.54) is 12.1 Å². The van der Waals surface area contributed by atoms with Gasteiger partial charge in [0.2, 0.25) is 0 Å². The van der Waals surface area contributed by atoms with Crippen molar-refractivity contribution in [3.8, 4) is 5.75 Å². The summed E-state index contributed by atoms with van der Waals surface area (Å²) in [5.41, 5.74) is 6.13. The Bertz CT molecular complexity index is 357. The normalized spacial score (nSPS) is 12.9. The van der Waals surface area contributed by atoms with Gasteiger partial charge in [0.25, 0.3) is 0 Å². The molecule has 92 valence electrons. The summed E-state index contributed by atoms with van der Waals surface area (Å²) in [6.07, 6.45) is -4.68. The smallest absolute Gasteiger partial charge is 0.406 e. The molecule has 0 aliphatic carbocycles. The predicted octanol–water partition coefficient (Wildman–Crippen LogP) is 3.79. The van der Waals surface area contributed by atoms with Gasteiger partial charge >= 0.3 is 6.36 Å². The number of ether oxygens (including phenoxy) is 1. The lowest BCUT2D eigenvalue weighted by Crippen LogP contribution is -2.17. The second-order valence-corrected chi connectivity index (χ2v) is 3.97. The third kappa shape index (κ3) is 5.05. The van der Waals surface area contributed by atoms with Gasteiger partial charge < -0.3 is 10.5 Å². The maximum Gasteiger partial charge on any atom is 0.573 e. The van der Waals surface area contributed by atoms with Gasteiger partial charge in [-0.25, -0.2) is 0 Å². The van der Waals surface area contributed by atoms with Crippen molar-refractivity contribution in [2.24, 2.45) is 5.73 Å². The van der Waals surface area contributed by atoms with Crippen LogP contribution in [-0.4, -0.2) is 6.36 Å². The molecule has 0 aliphatic rings. The van der Waals surface area contributed by atoms with Crippen molar-refractivity contribution < 1.29 is 17.9 Å². The molecule has 1 atom stereocenters. The maximum atomic E-state index is 11.9. The standard InChI is InChI=1S/C9H9BrF3NO.ClH/c1-5(14)6-2-7(10)4-8(3-6)15-9(11,12)13;/h2-5H,14H2,1H3;1H/t5-;/m1./s1. The minimum atomic E-state index is -4.68. The SMILES string of the molecule is C[C@@H](N)c1cc(Br)cc(OC(F)(F)F)c1.Cl. The lowest BCUT2D eigenvalue weighted by Gasteiger charge is -2.12. The van der Waals surface area contributed by atoms with Gasteiger partial charge in [-0.05, 0) is 30.7 Å². The van der Waals surface area contributed by atoms with E-state index < -0.39 is 6.36 Å². The average molecular weight is 321 g/mol.